The van der Waals surface area contributed by atoms with E-state index in [-0.39, 0.29) is 5.91 Å². The summed E-state index contributed by atoms with van der Waals surface area (Å²) >= 11 is 0. The predicted octanol–water partition coefficient (Wildman–Crippen LogP) is 4.60. The summed E-state index contributed by atoms with van der Waals surface area (Å²) in [5.41, 5.74) is 7.31. The number of likely N-dealkylation sites (tertiary alicyclic amines) is 1. The molecular weight excluding hydrogens is 374 g/mol. The Bertz CT molecular complexity index is 556. The molecule has 1 aliphatic heterocycles. The normalized spacial score (nSPS) is 19.7. The third-order valence-electron chi connectivity index (χ3n) is 5.67. The topological polar surface area (TPSA) is 67.6 Å². The third kappa shape index (κ3) is 10.6. The van der Waals surface area contributed by atoms with E-state index in [9.17, 15) is 4.79 Å². The summed E-state index contributed by atoms with van der Waals surface area (Å²) in [5.74, 6) is 0.828. The van der Waals surface area contributed by atoms with Gasteiger partial charge in [-0.05, 0) is 69.8 Å². The molecule has 2 fully saturated rings. The van der Waals surface area contributed by atoms with Crippen LogP contribution in [0.4, 0.5) is 0 Å². The Hall–Kier alpha value is -1.43. The second-order valence-corrected chi connectivity index (χ2v) is 8.14. The van der Waals surface area contributed by atoms with E-state index >= 15 is 0 Å². The number of nitrogens with one attached hydrogen (secondary N) is 1. The molecule has 1 heterocycles. The molecule has 0 spiro atoms. The molecule has 2 aliphatic rings. The first-order chi connectivity index (χ1) is 14.6. The van der Waals surface area contributed by atoms with Gasteiger partial charge in [-0.3, -0.25) is 4.79 Å². The van der Waals surface area contributed by atoms with E-state index in [1.54, 1.807) is 0 Å². The average Bonchev–Trinajstić information content (AvgIpc) is 2.80. The molecule has 3 rings (SSSR count). The Morgan fingerprint density at radius 1 is 1.10 bits per heavy atom. The van der Waals surface area contributed by atoms with Crippen LogP contribution < -0.4 is 11.1 Å². The lowest BCUT2D eigenvalue weighted by atomic mass is 9.95. The highest BCUT2D eigenvalue weighted by Gasteiger charge is 2.17. The van der Waals surface area contributed by atoms with E-state index in [4.69, 9.17) is 10.5 Å². The average molecular weight is 420 g/mol. The lowest BCUT2D eigenvalue weighted by Gasteiger charge is -2.29. The maximum absolute atomic E-state index is 12.0. The lowest BCUT2D eigenvalue weighted by molar-refractivity contribution is 0.0749. The Kier molecular flexibility index (Phi) is 14.4. The SMILES string of the molecule is CC.CCOCC1CCCN(C)C1.NCc1ccc(C(=O)NC2CCCCC2)cc1. The molecule has 172 valence electrons. The quantitative estimate of drug-likeness (QED) is 0.707. The van der Waals surface area contributed by atoms with Crippen LogP contribution in [0.3, 0.4) is 0 Å². The number of benzene rings is 1. The molecule has 3 N–H and O–H groups in total. The molecular formula is C25H45N3O2. The molecule has 5 nitrogen and oxygen atoms in total. The minimum atomic E-state index is 0.0421. The maximum atomic E-state index is 12.0. The monoisotopic (exact) mass is 419 g/mol. The van der Waals surface area contributed by atoms with Crippen LogP contribution in [0.25, 0.3) is 0 Å². The van der Waals surface area contributed by atoms with Gasteiger partial charge in [-0.1, -0.05) is 45.2 Å². The van der Waals surface area contributed by atoms with Crippen molar-refractivity contribution in [2.75, 3.05) is 33.4 Å². The fourth-order valence-corrected chi connectivity index (χ4v) is 4.00. The highest BCUT2D eigenvalue weighted by atomic mass is 16.5. The number of nitrogens with two attached hydrogens (primary N) is 1. The zero-order chi connectivity index (χ0) is 22.2. The van der Waals surface area contributed by atoms with Crippen molar-refractivity contribution in [1.29, 1.82) is 0 Å². The Labute approximate surface area is 184 Å². The van der Waals surface area contributed by atoms with Gasteiger partial charge < -0.3 is 20.7 Å². The molecule has 1 aromatic rings. The van der Waals surface area contributed by atoms with Crippen molar-refractivity contribution < 1.29 is 9.53 Å². The molecule has 1 amide bonds. The molecule has 5 heteroatoms. The van der Waals surface area contributed by atoms with Crippen molar-refractivity contribution in [3.63, 3.8) is 0 Å². The fraction of sp³-hybridized carbons (Fsp3) is 0.720. The summed E-state index contributed by atoms with van der Waals surface area (Å²) in [5, 5.41) is 3.10. The van der Waals surface area contributed by atoms with Crippen LogP contribution in [0.15, 0.2) is 24.3 Å². The summed E-state index contributed by atoms with van der Waals surface area (Å²) in [6.07, 6.45) is 8.70. The molecule has 1 saturated heterocycles. The molecule has 1 aromatic carbocycles. The molecule has 0 radical (unpaired) electrons. The molecule has 30 heavy (non-hydrogen) atoms. The second-order valence-electron chi connectivity index (χ2n) is 8.14. The van der Waals surface area contributed by atoms with Crippen molar-refractivity contribution >= 4 is 5.91 Å². The van der Waals surface area contributed by atoms with Gasteiger partial charge in [-0.25, -0.2) is 0 Å². The summed E-state index contributed by atoms with van der Waals surface area (Å²) in [7, 11) is 2.19. The number of piperidine rings is 1. The number of rotatable bonds is 6. The summed E-state index contributed by atoms with van der Waals surface area (Å²) in [4.78, 5) is 14.4. The first-order valence-corrected chi connectivity index (χ1v) is 12.0. The molecule has 1 aliphatic carbocycles. The van der Waals surface area contributed by atoms with E-state index in [0.717, 1.165) is 43.1 Å². The van der Waals surface area contributed by atoms with Crippen LogP contribution in [0, 0.1) is 5.92 Å². The van der Waals surface area contributed by atoms with Crippen LogP contribution in [0.2, 0.25) is 0 Å². The van der Waals surface area contributed by atoms with Crippen molar-refractivity contribution in [2.45, 2.75) is 78.3 Å². The number of carbonyl (C=O) groups excluding carboxylic acids is 1. The van der Waals surface area contributed by atoms with Gasteiger partial charge in [-0.2, -0.15) is 0 Å². The molecule has 1 atom stereocenters. The van der Waals surface area contributed by atoms with Crippen LogP contribution in [0.5, 0.6) is 0 Å². The van der Waals surface area contributed by atoms with Crippen molar-refractivity contribution in [3.05, 3.63) is 35.4 Å². The molecule has 0 bridgehead atoms. The van der Waals surface area contributed by atoms with Gasteiger partial charge in [0.2, 0.25) is 0 Å². The largest absolute Gasteiger partial charge is 0.381 e. The van der Waals surface area contributed by atoms with Gasteiger partial charge in [0, 0.05) is 31.3 Å². The highest BCUT2D eigenvalue weighted by Crippen LogP contribution is 2.18. The van der Waals surface area contributed by atoms with Crippen molar-refractivity contribution in [2.24, 2.45) is 11.7 Å². The van der Waals surface area contributed by atoms with E-state index < -0.39 is 0 Å². The van der Waals surface area contributed by atoms with Crippen molar-refractivity contribution in [3.8, 4) is 0 Å². The minimum Gasteiger partial charge on any atom is -0.381 e. The lowest BCUT2D eigenvalue weighted by Crippen LogP contribution is -2.36. The predicted molar refractivity (Wildman–Crippen MR) is 127 cm³/mol. The second kappa shape index (κ2) is 16.3. The Balaban J connectivity index is 0.000000300. The third-order valence-corrected chi connectivity index (χ3v) is 5.67. The van der Waals surface area contributed by atoms with Gasteiger partial charge in [0.15, 0.2) is 0 Å². The number of amides is 1. The maximum Gasteiger partial charge on any atom is 0.251 e. The summed E-state index contributed by atoms with van der Waals surface area (Å²) < 4.78 is 5.39. The zero-order valence-electron chi connectivity index (χ0n) is 19.8. The van der Waals surface area contributed by atoms with Crippen molar-refractivity contribution in [1.82, 2.24) is 10.2 Å². The molecule has 1 saturated carbocycles. The number of hydrogen-bond donors (Lipinski definition) is 2. The van der Waals surface area contributed by atoms with Gasteiger partial charge in [0.1, 0.15) is 0 Å². The Morgan fingerprint density at radius 2 is 1.77 bits per heavy atom. The smallest absolute Gasteiger partial charge is 0.251 e. The van der Waals surface area contributed by atoms with Gasteiger partial charge in [0.05, 0.1) is 6.61 Å². The minimum absolute atomic E-state index is 0.0421. The van der Waals surface area contributed by atoms with E-state index in [0.29, 0.717) is 12.6 Å². The summed E-state index contributed by atoms with van der Waals surface area (Å²) in [6, 6.07) is 7.89. The van der Waals surface area contributed by atoms with Gasteiger partial charge >= 0.3 is 0 Å². The molecule has 0 aromatic heterocycles. The standard InChI is InChI=1S/C14H20N2O.C9H19NO.C2H6/c15-10-11-6-8-12(9-7-11)14(17)16-13-4-2-1-3-5-13;1-3-11-8-9-5-4-6-10(2)7-9;1-2/h6-9,13H,1-5,10,15H2,(H,16,17);9H,3-8H2,1-2H3;1-2H3. The fourth-order valence-electron chi connectivity index (χ4n) is 4.00. The number of ether oxygens (including phenoxy) is 1. The number of carbonyl (C=O) groups is 1. The Morgan fingerprint density at radius 3 is 2.33 bits per heavy atom. The highest BCUT2D eigenvalue weighted by molar-refractivity contribution is 5.94. The van der Waals surface area contributed by atoms with Crippen LogP contribution in [0.1, 0.15) is 81.6 Å². The van der Waals surface area contributed by atoms with E-state index in [1.165, 1.54) is 45.2 Å². The van der Waals surface area contributed by atoms with E-state index in [2.05, 4.69) is 24.2 Å². The van der Waals surface area contributed by atoms with Crippen LogP contribution in [-0.2, 0) is 11.3 Å². The van der Waals surface area contributed by atoms with Gasteiger partial charge in [-0.15, -0.1) is 0 Å². The first kappa shape index (κ1) is 26.6. The number of hydrogen-bond acceptors (Lipinski definition) is 4. The van der Waals surface area contributed by atoms with Crippen LogP contribution >= 0.6 is 0 Å². The number of nitrogens with zero attached hydrogens (tertiary/aromatic N) is 1. The molecule has 1 unspecified atom stereocenters. The van der Waals surface area contributed by atoms with Crippen LogP contribution in [-0.4, -0.2) is 50.2 Å². The zero-order valence-corrected chi connectivity index (χ0v) is 19.8. The van der Waals surface area contributed by atoms with Gasteiger partial charge in [0.25, 0.3) is 5.91 Å². The first-order valence-electron chi connectivity index (χ1n) is 12.0. The van der Waals surface area contributed by atoms with E-state index in [1.807, 2.05) is 38.1 Å². The summed E-state index contributed by atoms with van der Waals surface area (Å²) in [6.45, 7) is 10.9.